The van der Waals surface area contributed by atoms with Crippen molar-refractivity contribution in [2.45, 2.75) is 18.6 Å². The zero-order valence-electron chi connectivity index (χ0n) is 11.3. The first-order chi connectivity index (χ1) is 9.40. The number of rotatable bonds is 4. The second kappa shape index (κ2) is 5.66. The molecule has 0 bridgehead atoms. The molecule has 0 saturated carbocycles. The minimum absolute atomic E-state index is 0.0403. The third-order valence-electron chi connectivity index (χ3n) is 3.19. The lowest BCUT2D eigenvalue weighted by molar-refractivity contribution is -0.137. The fraction of sp³-hybridized carbons (Fsp3) is 0.357. The molecule has 2 aromatic rings. The van der Waals surface area contributed by atoms with Gasteiger partial charge in [-0.2, -0.15) is 18.3 Å². The normalized spacial score (nSPS) is 13.4. The smallest absolute Gasteiger partial charge is 0.313 e. The number of alkyl halides is 3. The van der Waals surface area contributed by atoms with Gasteiger partial charge in [0.15, 0.2) is 0 Å². The van der Waals surface area contributed by atoms with Gasteiger partial charge in [0.05, 0.1) is 11.8 Å². The third-order valence-corrected chi connectivity index (χ3v) is 3.19. The maximum absolute atomic E-state index is 12.5. The quantitative estimate of drug-likeness (QED) is 0.935. The molecule has 0 fully saturated rings. The summed E-state index contributed by atoms with van der Waals surface area (Å²) in [5.41, 5.74) is 1.23. The summed E-state index contributed by atoms with van der Waals surface area (Å²) < 4.78 is 39.3. The summed E-state index contributed by atoms with van der Waals surface area (Å²) in [4.78, 5) is 0. The molecule has 108 valence electrons. The van der Waals surface area contributed by atoms with Crippen molar-refractivity contribution in [3.8, 4) is 0 Å². The Kier molecular flexibility index (Phi) is 4.13. The van der Waals surface area contributed by atoms with Crippen LogP contribution in [0.1, 0.15) is 22.7 Å². The van der Waals surface area contributed by atoms with Gasteiger partial charge in [0.1, 0.15) is 0 Å². The van der Waals surface area contributed by atoms with E-state index in [2.05, 4.69) is 10.4 Å². The van der Waals surface area contributed by atoms with E-state index in [-0.39, 0.29) is 6.04 Å². The van der Waals surface area contributed by atoms with Crippen molar-refractivity contribution in [2.75, 3.05) is 7.05 Å². The van der Waals surface area contributed by atoms with Crippen LogP contribution in [0, 0.1) is 0 Å². The Hall–Kier alpha value is -1.82. The summed E-state index contributed by atoms with van der Waals surface area (Å²) in [6.07, 6.45) is 0.0373. The predicted octanol–water partition coefficient (Wildman–Crippen LogP) is 2.94. The van der Waals surface area contributed by atoms with Gasteiger partial charge in [-0.15, -0.1) is 0 Å². The van der Waals surface area contributed by atoms with Crippen LogP contribution < -0.4 is 5.32 Å². The van der Waals surface area contributed by atoms with Crippen LogP contribution in [0.25, 0.3) is 0 Å². The molecule has 1 heterocycles. The largest absolute Gasteiger partial charge is 0.416 e. The average Bonchev–Trinajstić information content (AvgIpc) is 2.81. The van der Waals surface area contributed by atoms with Crippen molar-refractivity contribution < 1.29 is 13.2 Å². The van der Waals surface area contributed by atoms with Crippen LogP contribution in [-0.2, 0) is 19.6 Å². The molecule has 0 saturated heterocycles. The molecule has 0 spiro atoms. The van der Waals surface area contributed by atoms with Crippen molar-refractivity contribution in [1.82, 2.24) is 15.1 Å². The van der Waals surface area contributed by atoms with Crippen LogP contribution >= 0.6 is 0 Å². The van der Waals surface area contributed by atoms with Crippen molar-refractivity contribution in [2.24, 2.45) is 7.05 Å². The van der Waals surface area contributed by atoms with E-state index in [9.17, 15) is 13.2 Å². The summed E-state index contributed by atoms with van der Waals surface area (Å²) in [5.74, 6) is 0. The molecule has 0 aliphatic carbocycles. The molecule has 2 rings (SSSR count). The van der Waals surface area contributed by atoms with E-state index in [0.29, 0.717) is 6.42 Å². The molecule has 0 radical (unpaired) electrons. The molecule has 1 aromatic heterocycles. The molecule has 20 heavy (non-hydrogen) atoms. The molecule has 1 aromatic carbocycles. The molecule has 6 heteroatoms. The maximum Gasteiger partial charge on any atom is 0.416 e. The van der Waals surface area contributed by atoms with Gasteiger partial charge in [-0.25, -0.2) is 0 Å². The van der Waals surface area contributed by atoms with Crippen LogP contribution in [0.3, 0.4) is 0 Å². The van der Waals surface area contributed by atoms with Gasteiger partial charge in [0, 0.05) is 19.3 Å². The fourth-order valence-electron chi connectivity index (χ4n) is 2.10. The summed E-state index contributed by atoms with van der Waals surface area (Å²) in [6, 6.07) is 5.22. The second-order valence-electron chi connectivity index (χ2n) is 4.69. The van der Waals surface area contributed by atoms with Crippen LogP contribution in [0.15, 0.2) is 36.7 Å². The fourth-order valence-corrected chi connectivity index (χ4v) is 2.10. The van der Waals surface area contributed by atoms with Gasteiger partial charge in [-0.05, 0) is 36.7 Å². The lowest BCUT2D eigenvalue weighted by Crippen LogP contribution is -2.19. The van der Waals surface area contributed by atoms with E-state index < -0.39 is 11.7 Å². The standard InChI is InChI=1S/C14H16F3N3/c1-18-13(7-10-8-19-20(2)9-10)11-3-5-12(6-4-11)14(15,16)17/h3-6,8-9,13,18H,7H2,1-2H3. The van der Waals surface area contributed by atoms with E-state index >= 15 is 0 Å². The maximum atomic E-state index is 12.5. The minimum Gasteiger partial charge on any atom is -0.313 e. The van der Waals surface area contributed by atoms with Crippen LogP contribution in [0.2, 0.25) is 0 Å². The number of likely N-dealkylation sites (N-methyl/N-ethyl adjacent to an activating group) is 1. The number of halogens is 3. The highest BCUT2D eigenvalue weighted by Gasteiger charge is 2.30. The Bertz CT molecular complexity index is 558. The summed E-state index contributed by atoms with van der Waals surface area (Å²) in [7, 11) is 3.62. The Labute approximate surface area is 115 Å². The lowest BCUT2D eigenvalue weighted by Gasteiger charge is -2.16. The summed E-state index contributed by atoms with van der Waals surface area (Å²) in [5, 5.41) is 7.20. The van der Waals surface area contributed by atoms with E-state index in [4.69, 9.17) is 0 Å². The van der Waals surface area contributed by atoms with Gasteiger partial charge in [-0.1, -0.05) is 12.1 Å². The number of aryl methyl sites for hydroxylation is 1. The van der Waals surface area contributed by atoms with Crippen LogP contribution in [0.5, 0.6) is 0 Å². The van der Waals surface area contributed by atoms with Crippen molar-refractivity contribution >= 4 is 0 Å². The van der Waals surface area contributed by atoms with Gasteiger partial charge >= 0.3 is 6.18 Å². The topological polar surface area (TPSA) is 29.9 Å². The number of aromatic nitrogens is 2. The second-order valence-corrected chi connectivity index (χ2v) is 4.69. The number of hydrogen-bond donors (Lipinski definition) is 1. The van der Waals surface area contributed by atoms with Gasteiger partial charge in [0.25, 0.3) is 0 Å². The van der Waals surface area contributed by atoms with E-state index in [1.165, 1.54) is 12.1 Å². The first kappa shape index (κ1) is 14.6. The Balaban J connectivity index is 2.15. The first-order valence-electron chi connectivity index (χ1n) is 6.22. The molecule has 0 aliphatic rings. The number of hydrogen-bond acceptors (Lipinski definition) is 2. The van der Waals surface area contributed by atoms with Gasteiger partial charge < -0.3 is 5.32 Å². The lowest BCUT2D eigenvalue weighted by atomic mass is 9.99. The zero-order valence-corrected chi connectivity index (χ0v) is 11.3. The van der Waals surface area contributed by atoms with E-state index in [0.717, 1.165) is 23.3 Å². The zero-order chi connectivity index (χ0) is 14.8. The molecule has 0 aliphatic heterocycles. The first-order valence-corrected chi connectivity index (χ1v) is 6.22. The predicted molar refractivity (Wildman–Crippen MR) is 70.2 cm³/mol. The monoisotopic (exact) mass is 283 g/mol. The highest BCUT2D eigenvalue weighted by Crippen LogP contribution is 2.30. The Morgan fingerprint density at radius 3 is 2.35 bits per heavy atom. The molecular weight excluding hydrogens is 267 g/mol. The van der Waals surface area contributed by atoms with Gasteiger partial charge in [0.2, 0.25) is 0 Å². The molecule has 1 N–H and O–H groups in total. The minimum atomic E-state index is -4.29. The van der Waals surface area contributed by atoms with E-state index in [1.54, 1.807) is 17.9 Å². The SMILES string of the molecule is CNC(Cc1cnn(C)c1)c1ccc(C(F)(F)F)cc1. The van der Waals surface area contributed by atoms with Gasteiger partial charge in [-0.3, -0.25) is 4.68 Å². The summed E-state index contributed by atoms with van der Waals surface area (Å²) in [6.45, 7) is 0. The van der Waals surface area contributed by atoms with Crippen LogP contribution in [0.4, 0.5) is 13.2 Å². The molecular formula is C14H16F3N3. The number of benzene rings is 1. The van der Waals surface area contributed by atoms with Crippen molar-refractivity contribution in [3.63, 3.8) is 0 Å². The van der Waals surface area contributed by atoms with Crippen LogP contribution in [-0.4, -0.2) is 16.8 Å². The molecule has 3 nitrogen and oxygen atoms in total. The highest BCUT2D eigenvalue weighted by atomic mass is 19.4. The number of nitrogens with zero attached hydrogens (tertiary/aromatic N) is 2. The summed E-state index contributed by atoms with van der Waals surface area (Å²) >= 11 is 0. The third kappa shape index (κ3) is 3.39. The number of nitrogens with one attached hydrogen (secondary N) is 1. The Morgan fingerprint density at radius 1 is 1.25 bits per heavy atom. The molecule has 0 amide bonds. The average molecular weight is 283 g/mol. The van der Waals surface area contributed by atoms with Crippen molar-refractivity contribution in [1.29, 1.82) is 0 Å². The molecule has 1 atom stereocenters. The molecule has 1 unspecified atom stereocenters. The highest BCUT2D eigenvalue weighted by molar-refractivity contribution is 5.28. The van der Waals surface area contributed by atoms with E-state index in [1.807, 2.05) is 13.2 Å². The van der Waals surface area contributed by atoms with Crippen molar-refractivity contribution in [3.05, 3.63) is 53.3 Å². The Morgan fingerprint density at radius 2 is 1.90 bits per heavy atom.